The Kier molecular flexibility index (Phi) is 2.31. The highest BCUT2D eigenvalue weighted by Gasteiger charge is 2.06. The third-order valence-electron chi connectivity index (χ3n) is 1.42. The lowest BCUT2D eigenvalue weighted by molar-refractivity contribution is 0.286. The molecule has 0 saturated carbocycles. The maximum atomic E-state index is 8.23. The standard InChI is InChI=1S/C7H11NO2/c1-6(8-9)10-7-4-2-3-5-7/h4,9H,2-3,5H2,1H3. The molecule has 10 heavy (non-hydrogen) atoms. The second-order valence-corrected chi connectivity index (χ2v) is 2.28. The normalized spacial score (nSPS) is 18.9. The predicted octanol–water partition coefficient (Wildman–Crippen LogP) is 1.88. The van der Waals surface area contributed by atoms with Crippen LogP contribution in [0.3, 0.4) is 0 Å². The summed E-state index contributed by atoms with van der Waals surface area (Å²) >= 11 is 0. The number of rotatable bonds is 1. The molecular formula is C7H11NO2. The van der Waals surface area contributed by atoms with Gasteiger partial charge in [0, 0.05) is 13.3 Å². The van der Waals surface area contributed by atoms with Crippen LogP contribution in [-0.4, -0.2) is 11.1 Å². The Labute approximate surface area is 60.0 Å². The van der Waals surface area contributed by atoms with Gasteiger partial charge in [0.05, 0.1) is 0 Å². The Hall–Kier alpha value is -0.990. The van der Waals surface area contributed by atoms with E-state index in [0.29, 0.717) is 5.90 Å². The van der Waals surface area contributed by atoms with E-state index in [9.17, 15) is 0 Å². The van der Waals surface area contributed by atoms with E-state index in [-0.39, 0.29) is 0 Å². The summed E-state index contributed by atoms with van der Waals surface area (Å²) in [6.45, 7) is 1.62. The van der Waals surface area contributed by atoms with Gasteiger partial charge < -0.3 is 9.94 Å². The molecule has 56 valence electrons. The second-order valence-electron chi connectivity index (χ2n) is 2.28. The fourth-order valence-electron chi connectivity index (χ4n) is 0.944. The quantitative estimate of drug-likeness (QED) is 0.262. The molecule has 0 unspecified atom stereocenters. The Balaban J connectivity index is 2.38. The maximum Gasteiger partial charge on any atom is 0.227 e. The first-order chi connectivity index (χ1) is 4.83. The van der Waals surface area contributed by atoms with E-state index >= 15 is 0 Å². The van der Waals surface area contributed by atoms with E-state index in [1.54, 1.807) is 6.92 Å². The number of allylic oxidation sites excluding steroid dienone is 2. The highest BCUT2D eigenvalue weighted by Crippen LogP contribution is 2.18. The summed E-state index contributed by atoms with van der Waals surface area (Å²) in [4.78, 5) is 0. The lowest BCUT2D eigenvalue weighted by atomic mass is 10.4. The second kappa shape index (κ2) is 3.25. The fraction of sp³-hybridized carbons (Fsp3) is 0.571. The number of hydrogen-bond donors (Lipinski definition) is 1. The fourth-order valence-corrected chi connectivity index (χ4v) is 0.944. The first-order valence-corrected chi connectivity index (χ1v) is 3.38. The molecule has 0 aromatic carbocycles. The van der Waals surface area contributed by atoms with Gasteiger partial charge >= 0.3 is 0 Å². The molecule has 0 radical (unpaired) electrons. The maximum absolute atomic E-state index is 8.23. The van der Waals surface area contributed by atoms with Crippen LogP contribution in [-0.2, 0) is 4.74 Å². The topological polar surface area (TPSA) is 41.8 Å². The van der Waals surface area contributed by atoms with Gasteiger partial charge in [0.2, 0.25) is 5.90 Å². The Morgan fingerprint density at radius 2 is 2.60 bits per heavy atom. The van der Waals surface area contributed by atoms with Crippen molar-refractivity contribution in [2.75, 3.05) is 0 Å². The Bertz CT molecular complexity index is 172. The van der Waals surface area contributed by atoms with Crippen molar-refractivity contribution in [2.24, 2.45) is 5.16 Å². The molecule has 0 bridgehead atoms. The first-order valence-electron chi connectivity index (χ1n) is 3.38. The monoisotopic (exact) mass is 141 g/mol. The van der Waals surface area contributed by atoms with E-state index in [0.717, 1.165) is 25.0 Å². The lowest BCUT2D eigenvalue weighted by Gasteiger charge is -2.01. The molecule has 0 aromatic rings. The van der Waals surface area contributed by atoms with Gasteiger partial charge in [0.1, 0.15) is 5.76 Å². The minimum Gasteiger partial charge on any atom is -0.445 e. The Morgan fingerprint density at radius 1 is 1.80 bits per heavy atom. The summed E-state index contributed by atoms with van der Waals surface area (Å²) < 4.78 is 5.12. The van der Waals surface area contributed by atoms with Crippen molar-refractivity contribution in [3.8, 4) is 0 Å². The van der Waals surface area contributed by atoms with Crippen LogP contribution < -0.4 is 0 Å². The molecule has 1 N–H and O–H groups in total. The summed E-state index contributed by atoms with van der Waals surface area (Å²) in [6.07, 6.45) is 5.21. The average Bonchev–Trinajstić information content (AvgIpc) is 2.40. The number of hydrogen-bond acceptors (Lipinski definition) is 3. The van der Waals surface area contributed by atoms with E-state index in [1.807, 2.05) is 6.08 Å². The average molecular weight is 141 g/mol. The van der Waals surface area contributed by atoms with Crippen molar-refractivity contribution >= 4 is 5.90 Å². The molecule has 0 fully saturated rings. The van der Waals surface area contributed by atoms with Crippen molar-refractivity contribution in [3.63, 3.8) is 0 Å². The number of oxime groups is 1. The first kappa shape index (κ1) is 7.12. The van der Waals surface area contributed by atoms with Crippen LogP contribution in [0.2, 0.25) is 0 Å². The van der Waals surface area contributed by atoms with Crippen molar-refractivity contribution in [2.45, 2.75) is 26.2 Å². The zero-order chi connectivity index (χ0) is 7.40. The van der Waals surface area contributed by atoms with Crippen LogP contribution >= 0.6 is 0 Å². The van der Waals surface area contributed by atoms with E-state index < -0.39 is 0 Å². The zero-order valence-electron chi connectivity index (χ0n) is 6.00. The van der Waals surface area contributed by atoms with Crippen LogP contribution in [0, 0.1) is 0 Å². The Morgan fingerprint density at radius 3 is 3.10 bits per heavy atom. The number of nitrogens with zero attached hydrogens (tertiary/aromatic N) is 1. The predicted molar refractivity (Wildman–Crippen MR) is 37.9 cm³/mol. The molecule has 0 atom stereocenters. The van der Waals surface area contributed by atoms with E-state index in [1.165, 1.54) is 0 Å². The van der Waals surface area contributed by atoms with Gasteiger partial charge in [0.15, 0.2) is 0 Å². The third kappa shape index (κ3) is 1.76. The lowest BCUT2D eigenvalue weighted by Crippen LogP contribution is -1.97. The van der Waals surface area contributed by atoms with Gasteiger partial charge in [-0.3, -0.25) is 0 Å². The highest BCUT2D eigenvalue weighted by atomic mass is 16.5. The molecule has 0 saturated heterocycles. The minimum absolute atomic E-state index is 0.313. The summed E-state index contributed by atoms with van der Waals surface area (Å²) in [5.74, 6) is 1.24. The molecule has 1 aliphatic carbocycles. The smallest absolute Gasteiger partial charge is 0.227 e. The van der Waals surface area contributed by atoms with Gasteiger partial charge in [-0.25, -0.2) is 0 Å². The zero-order valence-corrected chi connectivity index (χ0v) is 6.00. The summed E-state index contributed by atoms with van der Waals surface area (Å²) in [7, 11) is 0. The minimum atomic E-state index is 0.313. The molecule has 1 rings (SSSR count). The van der Waals surface area contributed by atoms with E-state index in [2.05, 4.69) is 5.16 Å². The van der Waals surface area contributed by atoms with Crippen LogP contribution in [0.15, 0.2) is 17.0 Å². The molecule has 1 aliphatic rings. The molecule has 0 aromatic heterocycles. The summed E-state index contributed by atoms with van der Waals surface area (Å²) in [5.41, 5.74) is 0. The van der Waals surface area contributed by atoms with Crippen LogP contribution in [0.1, 0.15) is 26.2 Å². The van der Waals surface area contributed by atoms with Crippen LogP contribution in [0.25, 0.3) is 0 Å². The molecule has 0 heterocycles. The molecule has 3 nitrogen and oxygen atoms in total. The molecule has 0 spiro atoms. The SMILES string of the molecule is CC(=NO)OC1=CCCC1. The molecule has 0 amide bonds. The third-order valence-corrected chi connectivity index (χ3v) is 1.42. The molecule has 3 heteroatoms. The highest BCUT2D eigenvalue weighted by molar-refractivity contribution is 5.73. The van der Waals surface area contributed by atoms with Gasteiger partial charge in [-0.2, -0.15) is 0 Å². The van der Waals surface area contributed by atoms with Gasteiger partial charge in [-0.05, 0) is 18.9 Å². The van der Waals surface area contributed by atoms with Gasteiger partial charge in [-0.15, -0.1) is 0 Å². The molecular weight excluding hydrogens is 130 g/mol. The largest absolute Gasteiger partial charge is 0.445 e. The van der Waals surface area contributed by atoms with Crippen molar-refractivity contribution < 1.29 is 9.94 Å². The van der Waals surface area contributed by atoms with Crippen molar-refractivity contribution in [1.82, 2.24) is 0 Å². The molecule has 0 aliphatic heterocycles. The van der Waals surface area contributed by atoms with Crippen LogP contribution in [0.5, 0.6) is 0 Å². The van der Waals surface area contributed by atoms with Gasteiger partial charge in [0.25, 0.3) is 0 Å². The van der Waals surface area contributed by atoms with E-state index in [4.69, 9.17) is 9.94 Å². The van der Waals surface area contributed by atoms with Crippen molar-refractivity contribution in [1.29, 1.82) is 0 Å². The van der Waals surface area contributed by atoms with Gasteiger partial charge in [-0.1, -0.05) is 5.16 Å². The number of ether oxygens (including phenoxy) is 1. The summed E-state index contributed by atoms with van der Waals surface area (Å²) in [6, 6.07) is 0. The summed E-state index contributed by atoms with van der Waals surface area (Å²) in [5, 5.41) is 11.1. The van der Waals surface area contributed by atoms with Crippen molar-refractivity contribution in [3.05, 3.63) is 11.8 Å². The van der Waals surface area contributed by atoms with Crippen LogP contribution in [0.4, 0.5) is 0 Å².